The molecule has 0 spiro atoms. The molecule has 0 bridgehead atoms. The largest absolute Gasteiger partial charge is 0.489 e. The number of esters is 2. The van der Waals surface area contributed by atoms with Crippen molar-refractivity contribution >= 4 is 24.1 Å². The fraction of sp³-hybridized carbons (Fsp3) is 0.440. The summed E-state index contributed by atoms with van der Waals surface area (Å²) in [7, 11) is 2.68. The van der Waals surface area contributed by atoms with Crippen LogP contribution in [0.25, 0.3) is 0 Å². The number of piperidine rings is 2. The van der Waals surface area contributed by atoms with Crippen LogP contribution < -0.4 is 18.9 Å². The molecular weight excluding hydrogens is 821 g/mol. The van der Waals surface area contributed by atoms with E-state index in [2.05, 4.69) is 0 Å². The lowest BCUT2D eigenvalue weighted by Crippen LogP contribution is -2.44. The van der Waals surface area contributed by atoms with E-state index >= 15 is 0 Å². The van der Waals surface area contributed by atoms with Gasteiger partial charge in [0, 0.05) is 64.0 Å². The third kappa shape index (κ3) is 15.4. The second kappa shape index (κ2) is 22.8. The Morgan fingerprint density at radius 3 is 1.17 bits per heavy atom. The van der Waals surface area contributed by atoms with E-state index in [0.29, 0.717) is 99.2 Å². The van der Waals surface area contributed by atoms with Gasteiger partial charge in [0.1, 0.15) is 70.7 Å². The molecule has 0 saturated carbocycles. The summed E-state index contributed by atoms with van der Waals surface area (Å²) in [6, 6.07) is 29.9. The minimum absolute atomic E-state index is 0.138. The summed E-state index contributed by atoms with van der Waals surface area (Å²) < 4.78 is 44.8. The minimum Gasteiger partial charge on any atom is -0.489 e. The molecule has 2 saturated heterocycles. The summed E-state index contributed by atoms with van der Waals surface area (Å²) in [4.78, 5) is 52.4. The number of ether oxygens (including phenoxy) is 8. The Hall–Kier alpha value is -6.44. The zero-order valence-electron chi connectivity index (χ0n) is 38.3. The molecule has 14 heteroatoms. The lowest BCUT2D eigenvalue weighted by Gasteiger charge is -2.33. The summed E-state index contributed by atoms with van der Waals surface area (Å²) in [6.45, 7) is 14.0. The van der Waals surface area contributed by atoms with Gasteiger partial charge in [-0.15, -0.1) is 0 Å². The quantitative estimate of drug-likeness (QED) is 0.0985. The van der Waals surface area contributed by atoms with Gasteiger partial charge in [0.2, 0.25) is 0 Å². The Balaban J connectivity index is 0.000000241. The lowest BCUT2D eigenvalue weighted by atomic mass is 10.1. The summed E-state index contributed by atoms with van der Waals surface area (Å²) in [5.74, 6) is 1.09. The average molecular weight is 883 g/mol. The summed E-state index contributed by atoms with van der Waals surface area (Å²) >= 11 is 0. The molecule has 0 unspecified atom stereocenters. The predicted octanol–water partition coefficient (Wildman–Crippen LogP) is 9.66. The highest BCUT2D eigenvalue weighted by atomic mass is 16.6. The first-order valence-corrected chi connectivity index (χ1v) is 21.6. The maximum absolute atomic E-state index is 12.3. The number of carbonyl (C=O) groups excluding carboxylic acids is 4. The maximum atomic E-state index is 12.3. The molecule has 4 aromatic rings. The molecule has 4 aromatic carbocycles. The van der Waals surface area contributed by atoms with Gasteiger partial charge in [-0.2, -0.15) is 0 Å². The molecule has 2 aliphatic rings. The maximum Gasteiger partial charge on any atom is 0.410 e. The van der Waals surface area contributed by atoms with Crippen molar-refractivity contribution in [2.24, 2.45) is 0 Å². The van der Waals surface area contributed by atoms with Crippen LogP contribution in [0.2, 0.25) is 0 Å². The Kier molecular flexibility index (Phi) is 17.3. The molecule has 2 amide bonds. The summed E-state index contributed by atoms with van der Waals surface area (Å²) in [5, 5.41) is 0. The van der Waals surface area contributed by atoms with Gasteiger partial charge in [-0.05, 0) is 76.9 Å². The minimum atomic E-state index is -0.528. The van der Waals surface area contributed by atoms with Crippen LogP contribution >= 0.6 is 0 Å². The van der Waals surface area contributed by atoms with E-state index in [1.807, 2.05) is 102 Å². The number of benzene rings is 4. The second-order valence-electron chi connectivity index (χ2n) is 17.4. The van der Waals surface area contributed by atoms with Crippen molar-refractivity contribution in [3.8, 4) is 23.0 Å². The Morgan fingerprint density at radius 2 is 0.859 bits per heavy atom. The number of nitrogens with zero attached hydrogens (tertiary/aromatic N) is 2. The number of rotatable bonds is 12. The molecule has 14 nitrogen and oxygen atoms in total. The van der Waals surface area contributed by atoms with Crippen LogP contribution in [0.4, 0.5) is 9.59 Å². The summed E-state index contributed by atoms with van der Waals surface area (Å²) in [5.41, 5.74) is 1.71. The van der Waals surface area contributed by atoms with Crippen molar-refractivity contribution in [1.29, 1.82) is 0 Å². The van der Waals surface area contributed by atoms with Crippen LogP contribution in [0, 0.1) is 0 Å². The number of likely N-dealkylation sites (tertiary alicyclic amines) is 2. The van der Waals surface area contributed by atoms with E-state index in [9.17, 15) is 19.2 Å². The van der Waals surface area contributed by atoms with Gasteiger partial charge in [-0.25, -0.2) is 19.2 Å². The van der Waals surface area contributed by atoms with E-state index in [0.717, 1.165) is 11.1 Å². The topological polar surface area (TPSA) is 149 Å². The van der Waals surface area contributed by atoms with Crippen LogP contribution in [0.5, 0.6) is 23.0 Å². The normalized spacial score (nSPS) is 14.6. The van der Waals surface area contributed by atoms with Gasteiger partial charge < -0.3 is 47.7 Å². The molecule has 6 rings (SSSR count). The van der Waals surface area contributed by atoms with Crippen molar-refractivity contribution in [1.82, 2.24) is 9.80 Å². The number of methoxy groups -OCH3 is 2. The van der Waals surface area contributed by atoms with Crippen LogP contribution in [0.1, 0.15) is 99.1 Å². The molecule has 2 fully saturated rings. The smallest absolute Gasteiger partial charge is 0.410 e. The van der Waals surface area contributed by atoms with E-state index in [-0.39, 0.29) is 24.4 Å². The molecule has 0 atom stereocenters. The number of carbonyl (C=O) groups is 4. The standard InChI is InChI=1S/2C25H31NO6/c2*1-25(2,3)32-24(28)26-14-12-19(13-15-26)31-22-16-20(10-11-21(22)23(27)29-4)30-17-18-8-6-5-7-9-18/h2*5-11,16,19H,12-15,17H2,1-4H3. The predicted molar refractivity (Wildman–Crippen MR) is 240 cm³/mol. The van der Waals surface area contributed by atoms with E-state index in [1.165, 1.54) is 14.2 Å². The Bertz CT molecular complexity index is 1980. The molecular formula is C50H62N2O12. The van der Waals surface area contributed by atoms with Crippen molar-refractivity contribution in [2.45, 2.75) is 104 Å². The monoisotopic (exact) mass is 882 g/mol. The van der Waals surface area contributed by atoms with E-state index < -0.39 is 23.1 Å². The van der Waals surface area contributed by atoms with E-state index in [1.54, 1.807) is 46.2 Å². The SMILES string of the molecule is COC(=O)c1ccc(OCc2ccccc2)cc1OC1CCN(C(=O)OC(C)(C)C)CC1.COC(=O)c1ccc(OCc2ccccc2)cc1OC1CCN(C(=O)OC(C)(C)C)CC1. The molecule has 0 aliphatic carbocycles. The van der Waals surface area contributed by atoms with Gasteiger partial charge in [-0.1, -0.05) is 60.7 Å². The van der Waals surface area contributed by atoms with Gasteiger partial charge in [0.05, 0.1) is 14.2 Å². The number of hydrogen-bond acceptors (Lipinski definition) is 12. The molecule has 0 aromatic heterocycles. The molecule has 64 heavy (non-hydrogen) atoms. The lowest BCUT2D eigenvalue weighted by molar-refractivity contribution is 0.0113. The van der Waals surface area contributed by atoms with Gasteiger partial charge in [0.25, 0.3) is 0 Å². The first-order chi connectivity index (χ1) is 30.5. The van der Waals surface area contributed by atoms with Gasteiger partial charge >= 0.3 is 24.1 Å². The zero-order valence-corrected chi connectivity index (χ0v) is 38.3. The van der Waals surface area contributed by atoms with Crippen molar-refractivity contribution in [3.05, 3.63) is 119 Å². The Labute approximate surface area is 376 Å². The van der Waals surface area contributed by atoms with Crippen LogP contribution in [-0.2, 0) is 32.2 Å². The number of amides is 2. The highest BCUT2D eigenvalue weighted by Gasteiger charge is 2.30. The average Bonchev–Trinajstić information content (AvgIpc) is 3.27. The van der Waals surface area contributed by atoms with Crippen LogP contribution in [-0.4, -0.2) is 97.7 Å². The Morgan fingerprint density at radius 1 is 0.516 bits per heavy atom. The molecule has 0 radical (unpaired) electrons. The fourth-order valence-electron chi connectivity index (χ4n) is 6.74. The molecule has 2 heterocycles. The van der Waals surface area contributed by atoms with Gasteiger partial charge in [0.15, 0.2) is 0 Å². The van der Waals surface area contributed by atoms with Crippen molar-refractivity contribution in [3.63, 3.8) is 0 Å². The van der Waals surface area contributed by atoms with E-state index in [4.69, 9.17) is 37.9 Å². The second-order valence-corrected chi connectivity index (χ2v) is 17.4. The van der Waals surface area contributed by atoms with Crippen molar-refractivity contribution in [2.75, 3.05) is 40.4 Å². The molecule has 2 aliphatic heterocycles. The van der Waals surface area contributed by atoms with Crippen LogP contribution in [0.15, 0.2) is 97.1 Å². The zero-order chi connectivity index (χ0) is 46.3. The first kappa shape index (κ1) is 48.6. The highest BCUT2D eigenvalue weighted by Crippen LogP contribution is 2.31. The third-order valence-corrected chi connectivity index (χ3v) is 9.99. The third-order valence-electron chi connectivity index (χ3n) is 9.99. The van der Waals surface area contributed by atoms with Crippen molar-refractivity contribution < 1.29 is 57.1 Å². The van der Waals surface area contributed by atoms with Crippen LogP contribution in [0.3, 0.4) is 0 Å². The summed E-state index contributed by atoms with van der Waals surface area (Å²) in [6.07, 6.45) is 1.63. The fourth-order valence-corrected chi connectivity index (χ4v) is 6.74. The van der Waals surface area contributed by atoms with Gasteiger partial charge in [-0.3, -0.25) is 0 Å². The number of hydrogen-bond donors (Lipinski definition) is 0. The molecule has 0 N–H and O–H groups in total. The molecule has 344 valence electrons. The highest BCUT2D eigenvalue weighted by molar-refractivity contribution is 5.93. The first-order valence-electron chi connectivity index (χ1n) is 21.6.